The summed E-state index contributed by atoms with van der Waals surface area (Å²) in [6.07, 6.45) is 6.49. The fourth-order valence-electron chi connectivity index (χ4n) is 4.01. The molecule has 7 heteroatoms. The Bertz CT molecular complexity index is 842. The number of fused-ring (bicyclic) bond motifs is 1. The molecule has 6 nitrogen and oxygen atoms in total. The fraction of sp³-hybridized carbons (Fsp3) is 0.591. The topological polar surface area (TPSA) is 76.0 Å². The van der Waals surface area contributed by atoms with Crippen molar-refractivity contribution in [2.75, 3.05) is 12.3 Å². The van der Waals surface area contributed by atoms with Crippen LogP contribution in [0, 0.1) is 0 Å². The molecule has 3 rings (SSSR count). The van der Waals surface area contributed by atoms with E-state index in [1.807, 2.05) is 24.3 Å². The molecule has 0 bridgehead atoms. The van der Waals surface area contributed by atoms with E-state index < -0.39 is 5.54 Å². The van der Waals surface area contributed by atoms with E-state index in [1.165, 1.54) is 11.8 Å². The van der Waals surface area contributed by atoms with Crippen molar-refractivity contribution in [3.63, 3.8) is 0 Å². The van der Waals surface area contributed by atoms with Crippen LogP contribution in [0.3, 0.4) is 0 Å². The molecule has 0 radical (unpaired) electrons. The van der Waals surface area contributed by atoms with Crippen LogP contribution in [0.25, 0.3) is 11.0 Å². The molecule has 2 N–H and O–H groups in total. The number of benzene rings is 1. The van der Waals surface area contributed by atoms with E-state index in [4.69, 9.17) is 0 Å². The number of aromatic nitrogens is 2. The highest BCUT2D eigenvalue weighted by Crippen LogP contribution is 2.29. The van der Waals surface area contributed by atoms with Crippen molar-refractivity contribution in [3.05, 3.63) is 24.3 Å². The zero-order chi connectivity index (χ0) is 20.7. The zero-order valence-corrected chi connectivity index (χ0v) is 18.3. The summed E-state index contributed by atoms with van der Waals surface area (Å²) in [6.45, 7) is 5.65. The third-order valence-corrected chi connectivity index (χ3v) is 6.58. The highest BCUT2D eigenvalue weighted by molar-refractivity contribution is 7.99. The molecule has 1 aromatic heterocycles. The molecule has 29 heavy (non-hydrogen) atoms. The van der Waals surface area contributed by atoms with Crippen molar-refractivity contribution < 1.29 is 9.59 Å². The Balaban J connectivity index is 1.65. The molecule has 1 saturated carbocycles. The Morgan fingerprint density at radius 3 is 2.66 bits per heavy atom. The van der Waals surface area contributed by atoms with Gasteiger partial charge in [0.2, 0.25) is 11.8 Å². The second-order valence-electron chi connectivity index (χ2n) is 7.72. The lowest BCUT2D eigenvalue weighted by Crippen LogP contribution is -2.60. The minimum Gasteiger partial charge on any atom is -0.354 e. The number of amides is 2. The van der Waals surface area contributed by atoms with Gasteiger partial charge in [-0.25, -0.2) is 4.98 Å². The maximum atomic E-state index is 12.9. The van der Waals surface area contributed by atoms with Crippen LogP contribution < -0.4 is 10.6 Å². The second-order valence-corrected chi connectivity index (χ2v) is 8.66. The van der Waals surface area contributed by atoms with E-state index >= 15 is 0 Å². The Morgan fingerprint density at radius 2 is 1.93 bits per heavy atom. The maximum absolute atomic E-state index is 12.9. The van der Waals surface area contributed by atoms with Gasteiger partial charge in [0.05, 0.1) is 16.8 Å². The Kier molecular flexibility index (Phi) is 7.58. The minimum atomic E-state index is -0.755. The molecule has 1 heterocycles. The monoisotopic (exact) mass is 416 g/mol. The number of rotatable bonds is 9. The van der Waals surface area contributed by atoms with Crippen molar-refractivity contribution in [3.8, 4) is 0 Å². The number of thioether (sulfide) groups is 1. The predicted molar refractivity (Wildman–Crippen MR) is 118 cm³/mol. The van der Waals surface area contributed by atoms with Crippen LogP contribution in [0.4, 0.5) is 0 Å². The summed E-state index contributed by atoms with van der Waals surface area (Å²) in [5, 5.41) is 6.97. The van der Waals surface area contributed by atoms with Gasteiger partial charge in [0.15, 0.2) is 5.16 Å². The van der Waals surface area contributed by atoms with E-state index in [9.17, 15) is 9.59 Å². The molecule has 1 fully saturated rings. The number of para-hydroxylation sites is 2. The lowest BCUT2D eigenvalue weighted by atomic mass is 9.80. The van der Waals surface area contributed by atoms with Crippen LogP contribution in [-0.2, 0) is 16.1 Å². The molecular formula is C22H32N4O2S. The van der Waals surface area contributed by atoms with Gasteiger partial charge < -0.3 is 15.2 Å². The third-order valence-electron chi connectivity index (χ3n) is 5.60. The van der Waals surface area contributed by atoms with Crippen molar-refractivity contribution in [1.29, 1.82) is 0 Å². The maximum Gasteiger partial charge on any atom is 0.245 e. The number of carbonyl (C=O) groups excluding carboxylic acids is 2. The summed E-state index contributed by atoms with van der Waals surface area (Å²) in [6, 6.07) is 8.01. The van der Waals surface area contributed by atoms with E-state index in [2.05, 4.69) is 34.0 Å². The molecule has 0 saturated heterocycles. The van der Waals surface area contributed by atoms with Gasteiger partial charge in [-0.3, -0.25) is 9.59 Å². The first-order chi connectivity index (χ1) is 14.1. The van der Waals surface area contributed by atoms with Gasteiger partial charge in [-0.15, -0.1) is 0 Å². The van der Waals surface area contributed by atoms with Gasteiger partial charge in [-0.2, -0.15) is 0 Å². The average Bonchev–Trinajstić information content (AvgIpc) is 3.10. The molecule has 1 aliphatic carbocycles. The second kappa shape index (κ2) is 10.1. The normalized spacial score (nSPS) is 15.9. The Hall–Kier alpha value is -2.02. The van der Waals surface area contributed by atoms with Gasteiger partial charge in [0.1, 0.15) is 5.54 Å². The largest absolute Gasteiger partial charge is 0.354 e. The van der Waals surface area contributed by atoms with Crippen LogP contribution in [0.15, 0.2) is 29.4 Å². The van der Waals surface area contributed by atoms with Crippen molar-refractivity contribution in [2.24, 2.45) is 0 Å². The van der Waals surface area contributed by atoms with E-state index in [1.54, 1.807) is 0 Å². The van der Waals surface area contributed by atoms with Crippen LogP contribution in [0.5, 0.6) is 0 Å². The smallest absolute Gasteiger partial charge is 0.245 e. The number of hydrogen-bond acceptors (Lipinski definition) is 4. The highest BCUT2D eigenvalue weighted by atomic mass is 32.2. The number of carbonyl (C=O) groups is 2. The molecule has 1 aliphatic rings. The van der Waals surface area contributed by atoms with E-state index in [0.29, 0.717) is 6.54 Å². The first kappa shape index (κ1) is 21.7. The van der Waals surface area contributed by atoms with Gasteiger partial charge in [-0.1, -0.05) is 56.5 Å². The molecule has 0 spiro atoms. The van der Waals surface area contributed by atoms with Crippen molar-refractivity contribution in [1.82, 2.24) is 20.2 Å². The third kappa shape index (κ3) is 5.13. The number of nitrogens with one attached hydrogen (secondary N) is 2. The molecule has 1 aromatic carbocycles. The zero-order valence-electron chi connectivity index (χ0n) is 17.5. The number of hydrogen-bond donors (Lipinski definition) is 2. The SMILES string of the molecule is CCCCNC(=O)C1(NC(=O)CSc2nc3ccccc3n2CC)CCCCC1. The van der Waals surface area contributed by atoms with Crippen LogP contribution in [-0.4, -0.2) is 39.2 Å². The molecule has 158 valence electrons. The molecular weight excluding hydrogens is 384 g/mol. The van der Waals surface area contributed by atoms with Gasteiger partial charge in [-0.05, 0) is 38.3 Å². The van der Waals surface area contributed by atoms with Crippen molar-refractivity contribution in [2.45, 2.75) is 76.0 Å². The molecule has 0 aliphatic heterocycles. The fourth-order valence-corrected chi connectivity index (χ4v) is 4.89. The van der Waals surface area contributed by atoms with Crippen LogP contribution in [0.2, 0.25) is 0 Å². The molecule has 2 aromatic rings. The first-order valence-corrected chi connectivity index (χ1v) is 11.8. The summed E-state index contributed by atoms with van der Waals surface area (Å²) in [5.41, 5.74) is 1.27. The molecule has 0 unspecified atom stereocenters. The quantitative estimate of drug-likeness (QED) is 0.480. The summed E-state index contributed by atoms with van der Waals surface area (Å²) in [5.74, 6) is 0.134. The van der Waals surface area contributed by atoms with Gasteiger partial charge >= 0.3 is 0 Å². The van der Waals surface area contributed by atoms with Gasteiger partial charge in [0.25, 0.3) is 0 Å². The number of aryl methyl sites for hydroxylation is 1. The van der Waals surface area contributed by atoms with Crippen molar-refractivity contribution >= 4 is 34.6 Å². The van der Waals surface area contributed by atoms with Gasteiger partial charge in [0, 0.05) is 13.1 Å². The highest BCUT2D eigenvalue weighted by Gasteiger charge is 2.40. The van der Waals surface area contributed by atoms with Crippen LogP contribution in [0.1, 0.15) is 58.8 Å². The van der Waals surface area contributed by atoms with E-state index in [0.717, 1.165) is 67.7 Å². The molecule has 2 amide bonds. The Labute approximate surface area is 177 Å². The average molecular weight is 417 g/mol. The first-order valence-electron chi connectivity index (χ1n) is 10.8. The lowest BCUT2D eigenvalue weighted by Gasteiger charge is -2.36. The van der Waals surface area contributed by atoms with Crippen LogP contribution >= 0.6 is 11.8 Å². The minimum absolute atomic E-state index is 0.0233. The number of imidazole rings is 1. The standard InChI is InChI=1S/C22H32N4O2S/c1-3-5-15-23-20(28)22(13-9-6-10-14-22)25-19(27)16-29-21-24-17-11-7-8-12-18(17)26(21)4-2/h7-8,11-12H,3-6,9-10,13-16H2,1-2H3,(H,23,28)(H,25,27). The lowest BCUT2D eigenvalue weighted by molar-refractivity contribution is -0.134. The summed E-state index contributed by atoms with van der Waals surface area (Å²) >= 11 is 1.43. The summed E-state index contributed by atoms with van der Waals surface area (Å²) < 4.78 is 2.13. The number of unbranched alkanes of at least 4 members (excludes halogenated alkanes) is 1. The number of nitrogens with zero attached hydrogens (tertiary/aromatic N) is 2. The summed E-state index contributed by atoms with van der Waals surface area (Å²) in [4.78, 5) is 30.3. The molecule has 0 atom stereocenters. The predicted octanol–water partition coefficient (Wildman–Crippen LogP) is 3.88. The summed E-state index contributed by atoms with van der Waals surface area (Å²) in [7, 11) is 0. The Morgan fingerprint density at radius 1 is 1.17 bits per heavy atom. The van der Waals surface area contributed by atoms with E-state index in [-0.39, 0.29) is 17.6 Å².